The molecule has 0 bridgehead atoms. The highest BCUT2D eigenvalue weighted by Crippen LogP contribution is 2.37. The molecule has 0 aromatic rings. The molecule has 2 rings (SSSR count). The maximum absolute atomic E-state index is 9.91. The molecule has 0 heterocycles. The molecule has 2 fully saturated rings. The van der Waals surface area contributed by atoms with E-state index in [-0.39, 0.29) is 12.1 Å². The lowest BCUT2D eigenvalue weighted by molar-refractivity contribution is 0.0382. The van der Waals surface area contributed by atoms with Crippen LogP contribution in [-0.2, 0) is 4.74 Å². The van der Waals surface area contributed by atoms with E-state index in [1.54, 1.807) is 7.11 Å². The summed E-state index contributed by atoms with van der Waals surface area (Å²) in [4.78, 5) is 2.65. The molecule has 2 aliphatic rings. The number of methoxy groups -OCH3 is 1. The van der Waals surface area contributed by atoms with E-state index in [0.717, 1.165) is 32.0 Å². The molecule has 0 amide bonds. The number of nitrogens with zero attached hydrogens (tertiary/aromatic N) is 1. The predicted octanol–water partition coefficient (Wildman–Crippen LogP) is 1.77. The van der Waals surface area contributed by atoms with Crippen molar-refractivity contribution in [1.29, 1.82) is 0 Å². The van der Waals surface area contributed by atoms with E-state index in [9.17, 15) is 5.11 Å². The van der Waals surface area contributed by atoms with Crippen LogP contribution in [0.3, 0.4) is 0 Å². The first-order chi connectivity index (χ1) is 9.60. The summed E-state index contributed by atoms with van der Waals surface area (Å²) in [5.74, 6) is 0. The van der Waals surface area contributed by atoms with Crippen LogP contribution in [-0.4, -0.2) is 60.5 Å². The molecule has 0 aromatic carbocycles. The highest BCUT2D eigenvalue weighted by atomic mass is 16.5. The molecule has 2 saturated carbocycles. The van der Waals surface area contributed by atoms with Gasteiger partial charge in [-0.2, -0.15) is 0 Å². The van der Waals surface area contributed by atoms with Gasteiger partial charge in [-0.1, -0.05) is 13.8 Å². The first-order valence-electron chi connectivity index (χ1n) is 8.23. The van der Waals surface area contributed by atoms with Crippen molar-refractivity contribution >= 4 is 0 Å². The Morgan fingerprint density at radius 1 is 1.30 bits per heavy atom. The van der Waals surface area contributed by atoms with Crippen LogP contribution in [0, 0.1) is 0 Å². The minimum atomic E-state index is -0.0721. The Labute approximate surface area is 123 Å². The van der Waals surface area contributed by atoms with Gasteiger partial charge in [0.1, 0.15) is 0 Å². The zero-order valence-electron chi connectivity index (χ0n) is 13.4. The average molecular weight is 284 g/mol. The Hall–Kier alpha value is -0.160. The molecule has 0 aromatic heterocycles. The summed E-state index contributed by atoms with van der Waals surface area (Å²) >= 11 is 0. The molecule has 2 atom stereocenters. The maximum atomic E-state index is 9.91. The normalized spacial score (nSPS) is 31.2. The van der Waals surface area contributed by atoms with Crippen LogP contribution in [0.15, 0.2) is 0 Å². The highest BCUT2D eigenvalue weighted by molar-refractivity contribution is 5.00. The van der Waals surface area contributed by atoms with E-state index >= 15 is 0 Å². The number of aliphatic hydroxyl groups excluding tert-OH is 1. The van der Waals surface area contributed by atoms with Gasteiger partial charge in [-0.3, -0.25) is 4.90 Å². The maximum Gasteiger partial charge on any atom is 0.0613 e. The van der Waals surface area contributed by atoms with Gasteiger partial charge in [0, 0.05) is 37.3 Å². The third kappa shape index (κ3) is 4.17. The van der Waals surface area contributed by atoms with Gasteiger partial charge in [-0.15, -0.1) is 0 Å². The smallest absolute Gasteiger partial charge is 0.0613 e. The molecule has 2 unspecified atom stereocenters. The van der Waals surface area contributed by atoms with Crippen molar-refractivity contribution in [2.75, 3.05) is 26.9 Å². The van der Waals surface area contributed by atoms with E-state index < -0.39 is 0 Å². The molecule has 2 aliphatic carbocycles. The van der Waals surface area contributed by atoms with Crippen LogP contribution in [0.2, 0.25) is 0 Å². The van der Waals surface area contributed by atoms with Crippen LogP contribution in [0.25, 0.3) is 0 Å². The van der Waals surface area contributed by atoms with Crippen molar-refractivity contribution in [2.24, 2.45) is 0 Å². The Kier molecular flexibility index (Phi) is 5.84. The fourth-order valence-corrected chi connectivity index (χ4v) is 3.81. The van der Waals surface area contributed by atoms with Gasteiger partial charge < -0.3 is 15.2 Å². The van der Waals surface area contributed by atoms with E-state index in [4.69, 9.17) is 4.74 Å². The zero-order valence-corrected chi connectivity index (χ0v) is 13.4. The fraction of sp³-hybridized carbons (Fsp3) is 1.00. The lowest BCUT2D eigenvalue weighted by Crippen LogP contribution is -2.58. The largest absolute Gasteiger partial charge is 0.394 e. The van der Waals surface area contributed by atoms with Crippen molar-refractivity contribution in [3.63, 3.8) is 0 Å². The van der Waals surface area contributed by atoms with Crippen LogP contribution < -0.4 is 5.32 Å². The summed E-state index contributed by atoms with van der Waals surface area (Å²) in [5, 5.41) is 13.6. The molecular weight excluding hydrogens is 252 g/mol. The molecule has 4 heteroatoms. The van der Waals surface area contributed by atoms with Crippen molar-refractivity contribution in [3.05, 3.63) is 0 Å². The van der Waals surface area contributed by atoms with Crippen LogP contribution in [0.5, 0.6) is 0 Å². The highest BCUT2D eigenvalue weighted by Gasteiger charge is 2.41. The Bertz CT molecular complexity index is 294. The first-order valence-corrected chi connectivity index (χ1v) is 8.23. The number of aliphatic hydroxyl groups is 1. The van der Waals surface area contributed by atoms with E-state index in [1.165, 1.54) is 25.7 Å². The molecule has 4 nitrogen and oxygen atoms in total. The SMILES string of the molecule is COCCN(C1CC1)C1CCCC(CO)(NC(C)C)C1. The van der Waals surface area contributed by atoms with Crippen LogP contribution >= 0.6 is 0 Å². The minimum absolute atomic E-state index is 0.0721. The lowest BCUT2D eigenvalue weighted by atomic mass is 9.78. The summed E-state index contributed by atoms with van der Waals surface area (Å²) in [7, 11) is 1.78. The van der Waals surface area contributed by atoms with Crippen LogP contribution in [0.1, 0.15) is 52.4 Å². The lowest BCUT2D eigenvalue weighted by Gasteiger charge is -2.45. The number of nitrogens with one attached hydrogen (secondary N) is 1. The second-order valence-electron chi connectivity index (χ2n) is 6.95. The summed E-state index contributed by atoms with van der Waals surface area (Å²) in [6.07, 6.45) is 7.32. The molecule has 20 heavy (non-hydrogen) atoms. The Balaban J connectivity index is 1.99. The van der Waals surface area contributed by atoms with Gasteiger partial charge in [-0.25, -0.2) is 0 Å². The minimum Gasteiger partial charge on any atom is -0.394 e. The predicted molar refractivity (Wildman–Crippen MR) is 81.9 cm³/mol. The third-order valence-electron chi connectivity index (χ3n) is 4.76. The van der Waals surface area contributed by atoms with Crippen molar-refractivity contribution < 1.29 is 9.84 Å². The summed E-state index contributed by atoms with van der Waals surface area (Å²) in [6, 6.07) is 1.79. The molecule has 0 spiro atoms. The Morgan fingerprint density at radius 3 is 2.60 bits per heavy atom. The van der Waals surface area contributed by atoms with Gasteiger partial charge in [0.25, 0.3) is 0 Å². The topological polar surface area (TPSA) is 44.7 Å². The second-order valence-corrected chi connectivity index (χ2v) is 6.95. The van der Waals surface area contributed by atoms with Gasteiger partial charge in [-0.05, 0) is 38.5 Å². The fourth-order valence-electron chi connectivity index (χ4n) is 3.81. The van der Waals surface area contributed by atoms with Crippen molar-refractivity contribution in [2.45, 2.75) is 76.0 Å². The monoisotopic (exact) mass is 284 g/mol. The average Bonchev–Trinajstić information content (AvgIpc) is 3.23. The van der Waals surface area contributed by atoms with E-state index in [0.29, 0.717) is 12.1 Å². The number of hydrogen-bond acceptors (Lipinski definition) is 4. The molecule has 118 valence electrons. The van der Waals surface area contributed by atoms with Crippen molar-refractivity contribution in [3.8, 4) is 0 Å². The number of ether oxygens (including phenoxy) is 1. The van der Waals surface area contributed by atoms with E-state index in [1.807, 2.05) is 0 Å². The number of rotatable bonds is 8. The number of hydrogen-bond donors (Lipinski definition) is 2. The van der Waals surface area contributed by atoms with Gasteiger partial charge in [0.2, 0.25) is 0 Å². The molecule has 0 aliphatic heterocycles. The van der Waals surface area contributed by atoms with Gasteiger partial charge in [0.15, 0.2) is 0 Å². The third-order valence-corrected chi connectivity index (χ3v) is 4.76. The summed E-state index contributed by atoms with van der Waals surface area (Å²) in [5.41, 5.74) is -0.0721. The quantitative estimate of drug-likeness (QED) is 0.713. The van der Waals surface area contributed by atoms with Gasteiger partial charge in [0.05, 0.1) is 13.2 Å². The Morgan fingerprint density at radius 2 is 2.05 bits per heavy atom. The summed E-state index contributed by atoms with van der Waals surface area (Å²) < 4.78 is 5.28. The molecular formula is C16H32N2O2. The zero-order chi connectivity index (χ0) is 14.6. The van der Waals surface area contributed by atoms with Gasteiger partial charge >= 0.3 is 0 Å². The standard InChI is InChI=1S/C16H32N2O2/c1-13(2)17-16(12-19)8-4-5-15(11-16)18(9-10-20-3)14-6-7-14/h13-15,17,19H,4-12H2,1-3H3. The summed E-state index contributed by atoms with van der Waals surface area (Å²) in [6.45, 7) is 6.45. The second kappa shape index (κ2) is 7.21. The van der Waals surface area contributed by atoms with Crippen LogP contribution in [0.4, 0.5) is 0 Å². The van der Waals surface area contributed by atoms with Crippen molar-refractivity contribution in [1.82, 2.24) is 10.2 Å². The molecule has 0 radical (unpaired) electrons. The molecule has 2 N–H and O–H groups in total. The molecule has 0 saturated heterocycles. The first kappa shape index (κ1) is 16.2. The van der Waals surface area contributed by atoms with E-state index in [2.05, 4.69) is 24.1 Å².